The van der Waals surface area contributed by atoms with E-state index >= 15 is 0 Å². The van der Waals surface area contributed by atoms with Crippen molar-refractivity contribution in [3.8, 4) is 0 Å². The molecule has 0 aliphatic carbocycles. The average Bonchev–Trinajstić information content (AvgIpc) is 2.38. The number of rotatable bonds is 4. The van der Waals surface area contributed by atoms with Gasteiger partial charge in [-0.2, -0.15) is 13.2 Å². The molecule has 0 aliphatic heterocycles. The Morgan fingerprint density at radius 2 is 2.15 bits per heavy atom. The van der Waals surface area contributed by atoms with Crippen LogP contribution in [0.1, 0.15) is 11.3 Å². The predicted molar refractivity (Wildman–Crippen MR) is 67.4 cm³/mol. The number of ether oxygens (including phenoxy) is 1. The normalized spacial score (nSPS) is 12.2. The van der Waals surface area contributed by atoms with Crippen LogP contribution >= 0.6 is 11.6 Å². The van der Waals surface area contributed by atoms with E-state index in [0.29, 0.717) is 0 Å². The van der Waals surface area contributed by atoms with Crippen LogP contribution < -0.4 is 0 Å². The zero-order valence-electron chi connectivity index (χ0n) is 10.2. The summed E-state index contributed by atoms with van der Waals surface area (Å²) in [6, 6.07) is 1.72. The molecule has 0 saturated heterocycles. The third kappa shape index (κ3) is 4.60. The lowest BCUT2D eigenvalue weighted by Crippen LogP contribution is -2.19. The van der Waals surface area contributed by atoms with E-state index in [1.807, 2.05) is 0 Å². The second-order valence-electron chi connectivity index (χ2n) is 3.58. The lowest BCUT2D eigenvalue weighted by Gasteiger charge is -2.06. The third-order valence-electron chi connectivity index (χ3n) is 2.17. The van der Waals surface area contributed by atoms with Crippen LogP contribution in [0.3, 0.4) is 0 Å². The van der Waals surface area contributed by atoms with E-state index in [9.17, 15) is 22.1 Å². The number of carbonyl (C=O) groups excluding carboxylic acids is 1. The minimum Gasteiger partial charge on any atom is -0.471 e. The van der Waals surface area contributed by atoms with Crippen molar-refractivity contribution in [1.29, 1.82) is 0 Å². The van der Waals surface area contributed by atoms with Gasteiger partial charge in [0.2, 0.25) is 0 Å². The molecule has 3 nitrogen and oxygen atoms in total. The zero-order chi connectivity index (χ0) is 15.3. The average molecular weight is 327 g/mol. The Morgan fingerprint density at radius 1 is 1.50 bits per heavy atom. The van der Waals surface area contributed by atoms with E-state index in [0.717, 1.165) is 19.2 Å². The summed E-state index contributed by atoms with van der Waals surface area (Å²) in [6.07, 6.45) is -1.96. The van der Waals surface area contributed by atoms with Crippen LogP contribution in [0.15, 0.2) is 18.2 Å². The number of methoxy groups -OCH3 is 1. The summed E-state index contributed by atoms with van der Waals surface area (Å²) in [4.78, 5) is 14.0. The minimum atomic E-state index is -4.58. The van der Waals surface area contributed by atoms with Gasteiger partial charge in [-0.05, 0) is 18.2 Å². The van der Waals surface area contributed by atoms with E-state index in [1.54, 1.807) is 0 Å². The first-order valence-corrected chi connectivity index (χ1v) is 7.22. The van der Waals surface area contributed by atoms with Crippen LogP contribution in [-0.2, 0) is 10.9 Å². The lowest BCUT2D eigenvalue weighted by atomic mass is 10.2. The van der Waals surface area contributed by atoms with Crippen molar-refractivity contribution >= 4 is 32.4 Å². The maximum Gasteiger partial charge on any atom is 0.433 e. The number of hydrogen-bond acceptors (Lipinski definition) is 3. The third-order valence-corrected chi connectivity index (χ3v) is 3.71. The molecule has 1 aromatic rings. The van der Waals surface area contributed by atoms with Crippen molar-refractivity contribution in [3.05, 3.63) is 34.6 Å². The minimum absolute atomic E-state index is 0.172. The molecule has 0 atom stereocenters. The smallest absolute Gasteiger partial charge is 0.433 e. The fourth-order valence-corrected chi connectivity index (χ4v) is 2.14. The summed E-state index contributed by atoms with van der Waals surface area (Å²) in [7, 11) is -1.75. The highest BCUT2D eigenvalue weighted by atomic mass is 35.5. The van der Waals surface area contributed by atoms with Crippen molar-refractivity contribution in [2.75, 3.05) is 7.11 Å². The molecule has 20 heavy (non-hydrogen) atoms. The highest BCUT2D eigenvalue weighted by Crippen LogP contribution is 2.29. The molecule has 1 aromatic heterocycles. The fraction of sp³-hybridized carbons (Fsp3) is 0.273. The quantitative estimate of drug-likeness (QED) is 0.362. The molecular weight excluding hydrogens is 318 g/mol. The molecule has 0 aliphatic rings. The number of halogens is 5. The largest absolute Gasteiger partial charge is 0.471 e. The van der Waals surface area contributed by atoms with Gasteiger partial charge in [0.15, 0.2) is 0 Å². The molecule has 0 unspecified atom stereocenters. The van der Waals surface area contributed by atoms with Crippen LogP contribution in [0.4, 0.5) is 22.1 Å². The van der Waals surface area contributed by atoms with Crippen LogP contribution in [0.5, 0.6) is 0 Å². The van der Waals surface area contributed by atoms with Crippen molar-refractivity contribution in [2.24, 2.45) is 0 Å². The van der Waals surface area contributed by atoms with Gasteiger partial charge in [-0.25, -0.2) is 4.98 Å². The number of alkyl halides is 3. The molecule has 0 fully saturated rings. The van der Waals surface area contributed by atoms with Gasteiger partial charge < -0.3 is 4.74 Å². The van der Waals surface area contributed by atoms with Crippen molar-refractivity contribution in [1.82, 2.24) is 4.98 Å². The maximum absolute atomic E-state index is 13.2. The molecule has 1 radical (unpaired) electrons. The molecule has 0 amide bonds. The second-order valence-corrected chi connectivity index (χ2v) is 5.56. The van der Waals surface area contributed by atoms with E-state index in [1.165, 1.54) is 12.2 Å². The summed E-state index contributed by atoms with van der Waals surface area (Å²) in [6.45, 7) is 0. The molecule has 0 bridgehead atoms. The molecular formula is C11H9ClF4NO2Si. The molecule has 0 spiro atoms. The number of aromatic nitrogens is 1. The van der Waals surface area contributed by atoms with Crippen molar-refractivity contribution < 1.29 is 26.8 Å². The second kappa shape index (κ2) is 6.85. The number of hydrogen-bond donors (Lipinski definition) is 0. The van der Waals surface area contributed by atoms with Gasteiger partial charge in [0, 0.05) is 5.56 Å². The monoisotopic (exact) mass is 326 g/mol. The van der Waals surface area contributed by atoms with Crippen molar-refractivity contribution in [3.63, 3.8) is 0 Å². The topological polar surface area (TPSA) is 39.2 Å². The number of carbonyl (C=O) groups is 1. The molecule has 1 rings (SSSR count). The SMILES string of the molecule is COC(=O)[Si](F)C/C=C/c1ccc(C(F)(F)F)nc1Cl. The van der Waals surface area contributed by atoms with Gasteiger partial charge in [-0.1, -0.05) is 23.8 Å². The van der Waals surface area contributed by atoms with Gasteiger partial charge >= 0.3 is 20.9 Å². The molecule has 0 N–H and O–H groups in total. The first-order valence-electron chi connectivity index (χ1n) is 5.25. The predicted octanol–water partition coefficient (Wildman–Crippen LogP) is 4.08. The Bertz CT molecular complexity index is 522. The highest BCUT2D eigenvalue weighted by Gasteiger charge is 2.32. The van der Waals surface area contributed by atoms with Crippen LogP contribution in [0, 0.1) is 0 Å². The Balaban J connectivity index is 2.77. The Morgan fingerprint density at radius 3 is 2.65 bits per heavy atom. The first-order chi connectivity index (χ1) is 9.25. The number of pyridine rings is 1. The molecule has 109 valence electrons. The summed E-state index contributed by atoms with van der Waals surface area (Å²) in [5.41, 5.74) is -1.82. The fourth-order valence-electron chi connectivity index (χ4n) is 1.21. The maximum atomic E-state index is 13.2. The molecule has 9 heteroatoms. The van der Waals surface area contributed by atoms with E-state index in [4.69, 9.17) is 11.6 Å². The number of allylic oxidation sites excluding steroid dienone is 1. The Kier molecular flexibility index (Phi) is 5.70. The molecule has 0 aromatic carbocycles. The summed E-state index contributed by atoms with van der Waals surface area (Å²) in [5.74, 6) is 0. The van der Waals surface area contributed by atoms with Crippen LogP contribution in [-0.4, -0.2) is 26.8 Å². The summed E-state index contributed by atoms with van der Waals surface area (Å²) in [5, 5.41) is -0.346. The van der Waals surface area contributed by atoms with Crippen LogP contribution in [0.2, 0.25) is 11.2 Å². The van der Waals surface area contributed by atoms with Crippen LogP contribution in [0.25, 0.3) is 6.08 Å². The molecule has 0 saturated carbocycles. The summed E-state index contributed by atoms with van der Waals surface area (Å²) < 4.78 is 54.5. The lowest BCUT2D eigenvalue weighted by molar-refractivity contribution is -0.141. The molecule has 1 heterocycles. The van der Waals surface area contributed by atoms with Crippen molar-refractivity contribution in [2.45, 2.75) is 12.2 Å². The van der Waals surface area contributed by atoms with E-state index < -0.39 is 26.6 Å². The number of nitrogens with zero attached hydrogens (tertiary/aromatic N) is 1. The van der Waals surface area contributed by atoms with Gasteiger partial charge in [0.1, 0.15) is 10.8 Å². The standard InChI is InChI=1S/C11H9ClF4NO2Si/c1-19-10(18)20(16)6-2-3-7-4-5-8(11(13,14)15)17-9(7)12/h2-5H,6H2,1H3/b3-2+. The van der Waals surface area contributed by atoms with Gasteiger partial charge in [0.25, 0.3) is 0 Å². The Labute approximate surface area is 119 Å². The van der Waals surface area contributed by atoms with E-state index in [2.05, 4.69) is 9.72 Å². The Hall–Kier alpha value is -1.41. The zero-order valence-corrected chi connectivity index (χ0v) is 11.9. The first kappa shape index (κ1) is 16.6. The summed E-state index contributed by atoms with van der Waals surface area (Å²) >= 11 is 5.60. The van der Waals surface area contributed by atoms with Gasteiger partial charge in [0.05, 0.1) is 7.11 Å². The van der Waals surface area contributed by atoms with Gasteiger partial charge in [-0.3, -0.25) is 8.90 Å². The highest BCUT2D eigenvalue weighted by molar-refractivity contribution is 6.83. The van der Waals surface area contributed by atoms with E-state index in [-0.39, 0.29) is 16.8 Å². The van der Waals surface area contributed by atoms with Gasteiger partial charge in [-0.15, -0.1) is 0 Å².